The van der Waals surface area contributed by atoms with Crippen LogP contribution in [0, 0.1) is 0 Å². The number of aromatic nitrogens is 4. The van der Waals surface area contributed by atoms with Gasteiger partial charge in [0, 0.05) is 44.4 Å². The summed E-state index contributed by atoms with van der Waals surface area (Å²) in [6, 6.07) is 43.8. The Morgan fingerprint density at radius 2 is 1.10 bits per heavy atom. The molecule has 0 aliphatic carbocycles. The lowest BCUT2D eigenvalue weighted by Gasteiger charge is -2.09. The highest BCUT2D eigenvalue weighted by molar-refractivity contribution is 6.16. The Bertz CT molecular complexity index is 3070. The van der Waals surface area contributed by atoms with Crippen LogP contribution in [-0.4, -0.2) is 19.5 Å². The Morgan fingerprint density at radius 1 is 0.480 bits per heavy atom. The lowest BCUT2D eigenvalue weighted by atomic mass is 9.99. The van der Waals surface area contributed by atoms with E-state index in [1.807, 2.05) is 127 Å². The molecular formula is C45H28N4O. The number of hydrogen-bond donors (Lipinski definition) is 0. The number of para-hydroxylation sites is 2. The van der Waals surface area contributed by atoms with E-state index in [9.17, 15) is 0 Å². The standard InChI is InChI=1S/C45H28N4O/c1-4-14-29(15-5-1)33-21-13-25-39-41(33)36-20-10-11-24-38(36)49(39)32-26-27-34-35-22-12-23-37(42(35)50-40(34)28-32)45-47-43(30-16-6-2-7-17-30)46-44(48-45)31-18-8-3-9-19-31/h1-28H/i1D,4D,5D,14D,15D. The summed E-state index contributed by atoms with van der Waals surface area (Å²) < 4.78 is 51.2. The Kier molecular flexibility index (Phi) is 5.35. The van der Waals surface area contributed by atoms with Crippen molar-refractivity contribution >= 4 is 43.7 Å². The van der Waals surface area contributed by atoms with Crippen LogP contribution >= 0.6 is 0 Å². The Balaban J connectivity index is 1.18. The second-order valence-corrected chi connectivity index (χ2v) is 12.1. The number of fused-ring (bicyclic) bond motifs is 6. The van der Waals surface area contributed by atoms with Gasteiger partial charge in [0.1, 0.15) is 11.2 Å². The predicted octanol–water partition coefficient (Wildman–Crippen LogP) is 11.5. The molecule has 7 aromatic carbocycles. The predicted molar refractivity (Wildman–Crippen MR) is 203 cm³/mol. The summed E-state index contributed by atoms with van der Waals surface area (Å²) in [6.07, 6.45) is 0. The minimum Gasteiger partial charge on any atom is -0.455 e. The van der Waals surface area contributed by atoms with Crippen molar-refractivity contribution in [2.75, 3.05) is 0 Å². The molecule has 0 bridgehead atoms. The van der Waals surface area contributed by atoms with Crippen LogP contribution in [0.5, 0.6) is 0 Å². The lowest BCUT2D eigenvalue weighted by molar-refractivity contribution is 0.669. The van der Waals surface area contributed by atoms with E-state index in [4.69, 9.17) is 26.2 Å². The van der Waals surface area contributed by atoms with Gasteiger partial charge in [0.25, 0.3) is 0 Å². The van der Waals surface area contributed by atoms with Crippen molar-refractivity contribution in [2.45, 2.75) is 0 Å². The second-order valence-electron chi connectivity index (χ2n) is 12.1. The summed E-state index contributed by atoms with van der Waals surface area (Å²) in [6.45, 7) is 0. The van der Waals surface area contributed by atoms with Crippen molar-refractivity contribution in [3.8, 4) is 51.0 Å². The maximum absolute atomic E-state index is 8.76. The molecule has 3 heterocycles. The van der Waals surface area contributed by atoms with Gasteiger partial charge in [0.05, 0.1) is 23.5 Å². The minimum absolute atomic E-state index is 0.170. The van der Waals surface area contributed by atoms with Crippen LogP contribution in [0.1, 0.15) is 6.85 Å². The smallest absolute Gasteiger partial charge is 0.167 e. The first kappa shape index (κ1) is 23.5. The van der Waals surface area contributed by atoms with Crippen molar-refractivity contribution in [1.82, 2.24) is 19.5 Å². The molecule has 0 saturated carbocycles. The zero-order chi connectivity index (χ0) is 37.4. The number of rotatable bonds is 5. The summed E-state index contributed by atoms with van der Waals surface area (Å²) in [5.41, 5.74) is 7.15. The van der Waals surface area contributed by atoms with Gasteiger partial charge in [0.15, 0.2) is 17.5 Å². The molecule has 50 heavy (non-hydrogen) atoms. The van der Waals surface area contributed by atoms with Gasteiger partial charge >= 0.3 is 0 Å². The van der Waals surface area contributed by atoms with Gasteiger partial charge in [-0.2, -0.15) is 0 Å². The highest BCUT2D eigenvalue weighted by Crippen LogP contribution is 2.41. The van der Waals surface area contributed by atoms with Crippen molar-refractivity contribution in [1.29, 1.82) is 0 Å². The molecule has 5 nitrogen and oxygen atoms in total. The highest BCUT2D eigenvalue weighted by atomic mass is 16.3. The SMILES string of the molecule is [2H]c1c([2H])c([2H])c(-c2cccc3c2c2ccccc2n3-c2ccc3c(c2)oc2c(-c4nc(-c5ccccc5)nc(-c5ccccc5)n4)cccc23)c([2H])c1[2H]. The van der Waals surface area contributed by atoms with Crippen LogP contribution in [-0.2, 0) is 0 Å². The summed E-state index contributed by atoms with van der Waals surface area (Å²) in [4.78, 5) is 14.8. The fraction of sp³-hybridized carbons (Fsp3) is 0. The largest absolute Gasteiger partial charge is 0.455 e. The normalized spacial score (nSPS) is 13.0. The fourth-order valence-electron chi connectivity index (χ4n) is 6.92. The minimum atomic E-state index is -0.417. The van der Waals surface area contributed by atoms with Crippen molar-refractivity contribution in [3.63, 3.8) is 0 Å². The lowest BCUT2D eigenvalue weighted by Crippen LogP contribution is -2.00. The Labute approximate surface area is 294 Å². The van der Waals surface area contributed by atoms with Crippen LogP contribution in [0.4, 0.5) is 0 Å². The van der Waals surface area contributed by atoms with Crippen LogP contribution in [0.2, 0.25) is 0 Å². The first-order valence-corrected chi connectivity index (χ1v) is 16.3. The zero-order valence-electron chi connectivity index (χ0n) is 31.5. The molecule has 0 fully saturated rings. The molecule has 3 aromatic heterocycles. The molecule has 0 spiro atoms. The fourth-order valence-corrected chi connectivity index (χ4v) is 6.92. The molecule has 10 aromatic rings. The second kappa shape index (κ2) is 11.4. The van der Waals surface area contributed by atoms with Crippen molar-refractivity contribution in [2.24, 2.45) is 0 Å². The number of benzene rings is 7. The van der Waals surface area contributed by atoms with Crippen molar-refractivity contribution < 1.29 is 11.3 Å². The highest BCUT2D eigenvalue weighted by Gasteiger charge is 2.20. The summed E-state index contributed by atoms with van der Waals surface area (Å²) in [5.74, 6) is 1.63. The van der Waals surface area contributed by atoms with Gasteiger partial charge in [-0.3, -0.25) is 0 Å². The van der Waals surface area contributed by atoms with E-state index in [-0.39, 0.29) is 29.7 Å². The average molecular weight is 646 g/mol. The van der Waals surface area contributed by atoms with Crippen LogP contribution in [0.25, 0.3) is 94.7 Å². The van der Waals surface area contributed by atoms with E-state index in [0.717, 1.165) is 55.0 Å². The molecular weight excluding hydrogens is 613 g/mol. The molecule has 0 atom stereocenters. The number of nitrogens with zero attached hydrogens (tertiary/aromatic N) is 4. The van der Waals surface area contributed by atoms with Crippen LogP contribution in [0.15, 0.2) is 174 Å². The summed E-state index contributed by atoms with van der Waals surface area (Å²) in [5, 5.41) is 3.54. The third-order valence-electron chi connectivity index (χ3n) is 9.15. The van der Waals surface area contributed by atoms with E-state index in [2.05, 4.69) is 16.7 Å². The average Bonchev–Trinajstić information content (AvgIpc) is 3.78. The number of hydrogen-bond acceptors (Lipinski definition) is 4. The first-order valence-electron chi connectivity index (χ1n) is 18.8. The summed E-state index contributed by atoms with van der Waals surface area (Å²) >= 11 is 0. The van der Waals surface area contributed by atoms with Crippen molar-refractivity contribution in [3.05, 3.63) is 170 Å². The van der Waals surface area contributed by atoms with Crippen LogP contribution in [0.3, 0.4) is 0 Å². The zero-order valence-corrected chi connectivity index (χ0v) is 26.5. The molecule has 0 N–H and O–H groups in total. The first-order chi connectivity index (χ1) is 26.9. The molecule has 0 saturated heterocycles. The van der Waals surface area contributed by atoms with Gasteiger partial charge in [-0.15, -0.1) is 0 Å². The molecule has 0 radical (unpaired) electrons. The molecule has 0 unspecified atom stereocenters. The molecule has 5 heteroatoms. The van der Waals surface area contributed by atoms with E-state index in [0.29, 0.717) is 34.2 Å². The topological polar surface area (TPSA) is 56.7 Å². The van der Waals surface area contributed by atoms with Gasteiger partial charge in [-0.05, 0) is 41.5 Å². The van der Waals surface area contributed by atoms with E-state index in [1.54, 1.807) is 0 Å². The van der Waals surface area contributed by atoms with Crippen LogP contribution < -0.4 is 0 Å². The maximum Gasteiger partial charge on any atom is 0.167 e. The van der Waals surface area contributed by atoms with Gasteiger partial charge in [0.2, 0.25) is 0 Å². The molecule has 10 rings (SSSR count). The molecule has 234 valence electrons. The van der Waals surface area contributed by atoms with Gasteiger partial charge in [-0.25, -0.2) is 15.0 Å². The van der Waals surface area contributed by atoms with E-state index in [1.165, 1.54) is 0 Å². The quantitative estimate of drug-likeness (QED) is 0.187. The third-order valence-corrected chi connectivity index (χ3v) is 9.15. The summed E-state index contributed by atoms with van der Waals surface area (Å²) in [7, 11) is 0. The molecule has 0 aliphatic heterocycles. The van der Waals surface area contributed by atoms with E-state index < -0.39 is 6.04 Å². The molecule has 0 amide bonds. The molecule has 0 aliphatic rings. The van der Waals surface area contributed by atoms with E-state index >= 15 is 0 Å². The number of furan rings is 1. The monoisotopic (exact) mass is 645 g/mol. The Morgan fingerprint density at radius 3 is 1.86 bits per heavy atom. The third kappa shape index (κ3) is 4.52. The Hall–Kier alpha value is -6.85. The maximum atomic E-state index is 8.76. The van der Waals surface area contributed by atoms with Gasteiger partial charge < -0.3 is 8.98 Å². The van der Waals surface area contributed by atoms with Gasteiger partial charge in [-0.1, -0.05) is 133 Å².